The van der Waals surface area contributed by atoms with Gasteiger partial charge in [0.1, 0.15) is 0 Å². The van der Waals surface area contributed by atoms with Crippen molar-refractivity contribution in [3.8, 4) is 0 Å². The van der Waals surface area contributed by atoms with Crippen LogP contribution in [0.3, 0.4) is 0 Å². The normalized spacial score (nSPS) is 0.750. The van der Waals surface area contributed by atoms with E-state index < -0.39 is 0 Å². The monoisotopic (exact) mass is 163 g/mol. The fourth-order valence-electron chi connectivity index (χ4n) is 0. The second kappa shape index (κ2) is 20.2. The molecule has 0 amide bonds. The molecule has 0 saturated heterocycles. The molecule has 0 bridgehead atoms. The fourth-order valence-corrected chi connectivity index (χ4v) is 0. The maximum atomic E-state index is 8.28. The molecular weight excluding hydrogens is 159 g/mol. The second-order valence-corrected chi connectivity index (χ2v) is 0. The quantitative estimate of drug-likeness (QED) is 0.379. The van der Waals surface area contributed by atoms with Crippen molar-refractivity contribution in [3.63, 3.8) is 0 Å². The van der Waals surface area contributed by atoms with E-state index in [0.29, 0.717) is 16.2 Å². The van der Waals surface area contributed by atoms with Crippen LogP contribution in [0.4, 0.5) is 0 Å². The molecule has 0 saturated carbocycles. The van der Waals surface area contributed by atoms with Crippen molar-refractivity contribution >= 4 is 33.6 Å². The van der Waals surface area contributed by atoms with Gasteiger partial charge in [0, 0.05) is 32.7 Å². The van der Waals surface area contributed by atoms with Crippen LogP contribution in [0.25, 0.3) is 0 Å². The van der Waals surface area contributed by atoms with Gasteiger partial charge in [0.05, 0.1) is 0 Å². The van der Waals surface area contributed by atoms with Gasteiger partial charge in [0.15, 0.2) is 17.4 Å². The van der Waals surface area contributed by atoms with Gasteiger partial charge in [-0.25, -0.2) is 0 Å². The summed E-state index contributed by atoms with van der Waals surface area (Å²) in [5, 5.41) is 0. The second-order valence-electron chi connectivity index (χ2n) is 0. The van der Waals surface area contributed by atoms with E-state index in [4.69, 9.17) is 3.80 Å². The first-order chi connectivity index (χ1) is 1.00. The van der Waals surface area contributed by atoms with E-state index >= 15 is 0 Å². The summed E-state index contributed by atoms with van der Waals surface area (Å²) in [7, 11) is 0. The van der Waals surface area contributed by atoms with Crippen LogP contribution in [0, 0.1) is 0 Å². The Morgan fingerprint density at radius 1 is 1.25 bits per heavy atom. The molecule has 0 aliphatic heterocycles. The van der Waals surface area contributed by atoms with E-state index in [1.165, 1.54) is 0 Å². The molecule has 0 aromatic carbocycles. The van der Waals surface area contributed by atoms with Crippen molar-refractivity contribution in [1.82, 2.24) is 0 Å². The smallest absolute Gasteiger partial charge is 0 e. The third kappa shape index (κ3) is 9.02. The van der Waals surface area contributed by atoms with Crippen LogP contribution in [0.2, 0.25) is 0 Å². The Hall–Kier alpha value is 1.97. The zero-order valence-corrected chi connectivity index (χ0v) is 5.95. The van der Waals surface area contributed by atoms with E-state index in [1.807, 2.05) is 0 Å². The van der Waals surface area contributed by atoms with Crippen LogP contribution in [0.5, 0.6) is 0 Å². The molecule has 0 unspecified atom stereocenters. The molecule has 0 aliphatic carbocycles. The number of hydrogen-bond donors (Lipinski definition) is 0. The van der Waals surface area contributed by atoms with Crippen molar-refractivity contribution < 1.29 is 36.5 Å². The van der Waals surface area contributed by atoms with E-state index in [-0.39, 0.29) is 50.1 Å². The number of hydrogen-bond acceptors (Lipinski definition) is 1. The van der Waals surface area contributed by atoms with Gasteiger partial charge < -0.3 is 0 Å². The summed E-state index contributed by atoms with van der Waals surface area (Å²) in [5.41, 5.74) is 0. The molecule has 0 spiro atoms. The van der Waals surface area contributed by atoms with E-state index in [2.05, 4.69) is 0 Å². The Morgan fingerprint density at radius 3 is 1.25 bits per heavy atom. The molecule has 0 aromatic rings. The van der Waals surface area contributed by atoms with Crippen molar-refractivity contribution in [2.75, 3.05) is 0 Å². The molecule has 0 rings (SSSR count). The summed E-state index contributed by atoms with van der Waals surface area (Å²) in [6.07, 6.45) is 0. The molecule has 4 heteroatoms. The Kier molecular flexibility index (Phi) is 84.4. The molecule has 0 fully saturated rings. The van der Waals surface area contributed by atoms with Gasteiger partial charge in [0.2, 0.25) is 0 Å². The third-order valence-corrected chi connectivity index (χ3v) is 0. The van der Waals surface area contributed by atoms with E-state index in [1.54, 1.807) is 0 Å². The molecule has 1 radical (unpaired) electrons. The van der Waals surface area contributed by atoms with E-state index in [0.717, 1.165) is 0 Å². The standard InChI is InChI=1S/2Al.O.Y.4H. The molecule has 0 aliphatic rings. The van der Waals surface area contributed by atoms with Crippen LogP contribution >= 0.6 is 0 Å². The Morgan fingerprint density at radius 2 is 1.25 bits per heavy atom. The minimum Gasteiger partial charge on any atom is 0 e. The molecular formula is H4Al2OY. The fraction of sp³-hybridized carbons (Fsp3) is 0. The van der Waals surface area contributed by atoms with Gasteiger partial charge in [-0.1, -0.05) is 0 Å². The molecule has 4 heavy (non-hydrogen) atoms. The van der Waals surface area contributed by atoms with Crippen molar-refractivity contribution in [2.24, 2.45) is 0 Å². The van der Waals surface area contributed by atoms with Crippen LogP contribution < -0.4 is 0 Å². The van der Waals surface area contributed by atoms with Gasteiger partial charge in [-0.15, -0.1) is 0 Å². The Balaban J connectivity index is -0.00000000500. The molecule has 19 valence electrons. The topological polar surface area (TPSA) is 17.1 Å². The minimum absolute atomic E-state index is 0. The first-order valence-corrected chi connectivity index (χ1v) is 0.866. The number of rotatable bonds is 0. The zero-order chi connectivity index (χ0) is 2.00. The van der Waals surface area contributed by atoms with Gasteiger partial charge >= 0.3 is 20.0 Å². The van der Waals surface area contributed by atoms with Crippen molar-refractivity contribution in [3.05, 3.63) is 0 Å². The predicted octanol–water partition coefficient (Wildman–Crippen LogP) is -1.95. The van der Waals surface area contributed by atoms with Gasteiger partial charge in [-0.2, -0.15) is 0 Å². The summed E-state index contributed by atoms with van der Waals surface area (Å²) >= 11 is 0.611. The van der Waals surface area contributed by atoms with Crippen LogP contribution in [0.1, 0.15) is 0 Å². The van der Waals surface area contributed by atoms with Gasteiger partial charge in [0.25, 0.3) is 0 Å². The zero-order valence-electron chi connectivity index (χ0n) is 1.69. The molecule has 0 heterocycles. The van der Waals surface area contributed by atoms with Crippen molar-refractivity contribution in [2.45, 2.75) is 0 Å². The average Bonchev–Trinajstić information content (AvgIpc) is 1.00. The third-order valence-electron chi connectivity index (χ3n) is 0. The van der Waals surface area contributed by atoms with Gasteiger partial charge in [-0.05, 0) is 0 Å². The van der Waals surface area contributed by atoms with Crippen molar-refractivity contribution in [1.29, 1.82) is 0 Å². The summed E-state index contributed by atoms with van der Waals surface area (Å²) in [5.74, 6) is 0. The van der Waals surface area contributed by atoms with E-state index in [9.17, 15) is 0 Å². The van der Waals surface area contributed by atoms with Gasteiger partial charge in [-0.3, -0.25) is 0 Å². The summed E-state index contributed by atoms with van der Waals surface area (Å²) in [4.78, 5) is 0. The summed E-state index contributed by atoms with van der Waals surface area (Å²) in [6, 6.07) is 0. The van der Waals surface area contributed by atoms with Crippen LogP contribution in [-0.4, -0.2) is 33.6 Å². The molecule has 0 N–H and O–H groups in total. The Labute approximate surface area is 69.2 Å². The minimum atomic E-state index is 0. The van der Waals surface area contributed by atoms with Crippen LogP contribution in [-0.2, 0) is 36.5 Å². The van der Waals surface area contributed by atoms with Crippen LogP contribution in [0.15, 0.2) is 0 Å². The maximum Gasteiger partial charge on any atom is 0 e. The molecule has 0 atom stereocenters. The first kappa shape index (κ1) is 16.7. The first-order valence-electron chi connectivity index (χ1n) is 0.289. The maximum absolute atomic E-state index is 8.28. The largest absolute Gasteiger partial charge is 0 e. The molecule has 0 aromatic heterocycles. The summed E-state index contributed by atoms with van der Waals surface area (Å²) < 4.78 is 8.28. The average molecular weight is 163 g/mol. The Bertz CT molecular complexity index is 6.00. The predicted molar refractivity (Wildman–Crippen MR) is 17.8 cm³/mol. The molecule has 1 nitrogen and oxygen atoms in total. The summed E-state index contributed by atoms with van der Waals surface area (Å²) in [6.45, 7) is 0. The SMILES string of the molecule is [AlH3].[O]=[AlH].[Y].